The van der Waals surface area contributed by atoms with Crippen molar-refractivity contribution in [1.29, 1.82) is 5.26 Å². The minimum Gasteiger partial charge on any atom is -0.298 e. The summed E-state index contributed by atoms with van der Waals surface area (Å²) in [5.74, 6) is 0.532. The molecule has 1 unspecified atom stereocenters. The summed E-state index contributed by atoms with van der Waals surface area (Å²) in [4.78, 5) is 0.870. The molecule has 1 N–H and O–H groups in total. The minimum atomic E-state index is -0.766. The predicted molar refractivity (Wildman–Crippen MR) is 90.0 cm³/mol. The van der Waals surface area contributed by atoms with Crippen LogP contribution in [0.4, 0.5) is 0 Å². The van der Waals surface area contributed by atoms with Crippen LogP contribution in [0.2, 0.25) is 10.0 Å². The Balaban J connectivity index is 2.26. The van der Waals surface area contributed by atoms with Crippen molar-refractivity contribution in [3.8, 4) is 6.07 Å². The van der Waals surface area contributed by atoms with Crippen LogP contribution in [0, 0.1) is 11.3 Å². The summed E-state index contributed by atoms with van der Waals surface area (Å²) >= 11 is 13.7. The standard InChI is InChI=1S/C16H14Cl2N2S/c1-20-16(10-19,12-5-3-2-4-6-12)11-21-15-9-13(17)7-8-14(15)18/h2-9,20H,11H2,1H3. The highest BCUT2D eigenvalue weighted by Gasteiger charge is 2.30. The number of hydrogen-bond donors (Lipinski definition) is 1. The largest absolute Gasteiger partial charge is 0.298 e. The molecule has 2 nitrogen and oxygen atoms in total. The fourth-order valence-electron chi connectivity index (χ4n) is 1.95. The molecule has 0 heterocycles. The third-order valence-corrected chi connectivity index (χ3v) is 5.12. The van der Waals surface area contributed by atoms with Gasteiger partial charge in [0.15, 0.2) is 0 Å². The van der Waals surface area contributed by atoms with Gasteiger partial charge in [0.25, 0.3) is 0 Å². The maximum atomic E-state index is 9.65. The summed E-state index contributed by atoms with van der Waals surface area (Å²) < 4.78 is 0. The summed E-state index contributed by atoms with van der Waals surface area (Å²) in [5, 5.41) is 14.0. The second-order valence-corrected chi connectivity index (χ2v) is 6.36. The van der Waals surface area contributed by atoms with Gasteiger partial charge in [-0.05, 0) is 30.8 Å². The van der Waals surface area contributed by atoms with Gasteiger partial charge in [0.2, 0.25) is 0 Å². The summed E-state index contributed by atoms with van der Waals surface area (Å²) in [6.45, 7) is 0. The monoisotopic (exact) mass is 336 g/mol. The Labute approximate surface area is 139 Å². The third-order valence-electron chi connectivity index (χ3n) is 3.22. The van der Waals surface area contributed by atoms with Crippen molar-refractivity contribution in [1.82, 2.24) is 5.32 Å². The molecule has 0 aromatic heterocycles. The Morgan fingerprint density at radius 3 is 2.52 bits per heavy atom. The van der Waals surface area contributed by atoms with E-state index in [2.05, 4.69) is 11.4 Å². The lowest BCUT2D eigenvalue weighted by molar-refractivity contribution is 0.528. The van der Waals surface area contributed by atoms with Crippen LogP contribution < -0.4 is 5.32 Å². The van der Waals surface area contributed by atoms with Crippen LogP contribution in [0.3, 0.4) is 0 Å². The lowest BCUT2D eigenvalue weighted by Crippen LogP contribution is -2.41. The molecule has 0 saturated carbocycles. The van der Waals surface area contributed by atoms with Crippen LogP contribution in [0.15, 0.2) is 53.4 Å². The maximum absolute atomic E-state index is 9.65. The zero-order chi connectivity index (χ0) is 15.3. The highest BCUT2D eigenvalue weighted by Crippen LogP contribution is 2.34. The number of nitrogens with one attached hydrogen (secondary N) is 1. The third kappa shape index (κ3) is 3.72. The van der Waals surface area contributed by atoms with Gasteiger partial charge in [-0.3, -0.25) is 5.32 Å². The van der Waals surface area contributed by atoms with Gasteiger partial charge < -0.3 is 0 Å². The zero-order valence-corrected chi connectivity index (χ0v) is 13.8. The molecule has 1 atom stereocenters. The first-order valence-corrected chi connectivity index (χ1v) is 8.09. The van der Waals surface area contributed by atoms with Crippen molar-refractivity contribution in [3.63, 3.8) is 0 Å². The number of halogens is 2. The molecule has 21 heavy (non-hydrogen) atoms. The highest BCUT2D eigenvalue weighted by atomic mass is 35.5. The Morgan fingerprint density at radius 1 is 1.19 bits per heavy atom. The number of hydrogen-bond acceptors (Lipinski definition) is 3. The Kier molecular flexibility index (Phi) is 5.55. The van der Waals surface area contributed by atoms with Crippen LogP contribution in [0.5, 0.6) is 0 Å². The average molecular weight is 337 g/mol. The first-order valence-electron chi connectivity index (χ1n) is 6.35. The van der Waals surface area contributed by atoms with Gasteiger partial charge in [0, 0.05) is 15.7 Å². The number of nitrogens with zero attached hydrogens (tertiary/aromatic N) is 1. The molecule has 0 saturated heterocycles. The predicted octanol–water partition coefficient (Wildman–Crippen LogP) is 4.72. The fourth-order valence-corrected chi connectivity index (χ4v) is 3.63. The fraction of sp³-hybridized carbons (Fsp3) is 0.188. The van der Waals surface area contributed by atoms with E-state index < -0.39 is 5.54 Å². The Hall–Kier alpha value is -1.18. The smallest absolute Gasteiger partial charge is 0.141 e. The molecule has 0 aliphatic carbocycles. The van der Waals surface area contributed by atoms with Crippen molar-refractivity contribution in [2.45, 2.75) is 10.4 Å². The molecule has 2 aromatic rings. The number of thioether (sulfide) groups is 1. The molecule has 2 rings (SSSR count). The summed E-state index contributed by atoms with van der Waals surface area (Å²) in [7, 11) is 1.79. The van der Waals surface area contributed by atoms with E-state index in [1.165, 1.54) is 11.8 Å². The summed E-state index contributed by atoms with van der Waals surface area (Å²) in [6, 6.07) is 17.4. The van der Waals surface area contributed by atoms with Gasteiger partial charge in [-0.25, -0.2) is 0 Å². The van der Waals surface area contributed by atoms with E-state index in [1.54, 1.807) is 19.2 Å². The maximum Gasteiger partial charge on any atom is 0.141 e. The lowest BCUT2D eigenvalue weighted by atomic mass is 9.94. The Morgan fingerprint density at radius 2 is 1.90 bits per heavy atom. The molecule has 2 aromatic carbocycles. The summed E-state index contributed by atoms with van der Waals surface area (Å²) in [6.07, 6.45) is 0. The SMILES string of the molecule is CNC(C#N)(CSc1cc(Cl)ccc1Cl)c1ccccc1. The van der Waals surface area contributed by atoms with E-state index in [0.717, 1.165) is 10.5 Å². The average Bonchev–Trinajstić information content (AvgIpc) is 2.53. The molecule has 0 fully saturated rings. The van der Waals surface area contributed by atoms with E-state index in [1.807, 2.05) is 36.4 Å². The normalized spacial score (nSPS) is 13.4. The molecule has 0 bridgehead atoms. The first kappa shape index (κ1) is 16.2. The molecular formula is C16H14Cl2N2S. The van der Waals surface area contributed by atoms with Crippen molar-refractivity contribution in [3.05, 3.63) is 64.1 Å². The van der Waals surface area contributed by atoms with Crippen molar-refractivity contribution >= 4 is 35.0 Å². The van der Waals surface area contributed by atoms with E-state index in [-0.39, 0.29) is 0 Å². The van der Waals surface area contributed by atoms with Crippen LogP contribution in [-0.2, 0) is 5.54 Å². The highest BCUT2D eigenvalue weighted by molar-refractivity contribution is 7.99. The van der Waals surface area contributed by atoms with Gasteiger partial charge in [-0.1, -0.05) is 53.5 Å². The van der Waals surface area contributed by atoms with E-state index in [0.29, 0.717) is 15.8 Å². The van der Waals surface area contributed by atoms with Gasteiger partial charge >= 0.3 is 0 Å². The minimum absolute atomic E-state index is 0.532. The van der Waals surface area contributed by atoms with Crippen LogP contribution in [0.1, 0.15) is 5.56 Å². The van der Waals surface area contributed by atoms with E-state index >= 15 is 0 Å². The molecule has 5 heteroatoms. The Bertz CT molecular complexity index is 655. The molecule has 0 radical (unpaired) electrons. The van der Waals surface area contributed by atoms with E-state index in [4.69, 9.17) is 23.2 Å². The molecule has 0 aliphatic rings. The topological polar surface area (TPSA) is 35.8 Å². The number of nitriles is 1. The van der Waals surface area contributed by atoms with Crippen molar-refractivity contribution in [2.75, 3.05) is 12.8 Å². The summed E-state index contributed by atoms with van der Waals surface area (Å²) in [5.41, 5.74) is 0.165. The van der Waals surface area contributed by atoms with Crippen LogP contribution in [-0.4, -0.2) is 12.8 Å². The van der Waals surface area contributed by atoms with Crippen molar-refractivity contribution in [2.24, 2.45) is 0 Å². The molecule has 0 aliphatic heterocycles. The van der Waals surface area contributed by atoms with Gasteiger partial charge in [0.1, 0.15) is 5.54 Å². The van der Waals surface area contributed by atoms with E-state index in [9.17, 15) is 5.26 Å². The molecule has 0 amide bonds. The van der Waals surface area contributed by atoms with Gasteiger partial charge in [0.05, 0.1) is 11.1 Å². The van der Waals surface area contributed by atoms with Crippen LogP contribution >= 0.6 is 35.0 Å². The zero-order valence-electron chi connectivity index (χ0n) is 11.4. The second kappa shape index (κ2) is 7.20. The van der Waals surface area contributed by atoms with Crippen LogP contribution in [0.25, 0.3) is 0 Å². The number of rotatable bonds is 5. The molecule has 108 valence electrons. The first-order chi connectivity index (χ1) is 10.1. The van der Waals surface area contributed by atoms with Gasteiger partial charge in [-0.15, -0.1) is 11.8 Å². The second-order valence-electron chi connectivity index (χ2n) is 4.50. The van der Waals surface area contributed by atoms with Crippen molar-refractivity contribution < 1.29 is 0 Å². The number of benzene rings is 2. The quantitative estimate of drug-likeness (QED) is 0.802. The molecule has 0 spiro atoms. The lowest BCUT2D eigenvalue weighted by Gasteiger charge is -2.26. The van der Waals surface area contributed by atoms with Gasteiger partial charge in [-0.2, -0.15) is 5.26 Å². The molecular weight excluding hydrogens is 323 g/mol.